The number of aliphatic hydroxyl groups excluding tert-OH is 1. The Morgan fingerprint density at radius 2 is 2.11 bits per heavy atom. The van der Waals surface area contributed by atoms with Crippen LogP contribution in [0, 0.1) is 0 Å². The highest BCUT2D eigenvalue weighted by molar-refractivity contribution is 5.95. The molecule has 4 heteroatoms. The number of hydrogen-bond acceptors (Lipinski definition) is 3. The Kier molecular flexibility index (Phi) is 6.53. The molecule has 106 valence electrons. The molecule has 1 rings (SSSR count). The van der Waals surface area contributed by atoms with Crippen LogP contribution in [0.3, 0.4) is 0 Å². The average Bonchev–Trinajstić information content (AvgIpc) is 2.42. The largest absolute Gasteiger partial charge is 0.393 e. The van der Waals surface area contributed by atoms with Gasteiger partial charge in [0, 0.05) is 19.2 Å². The van der Waals surface area contributed by atoms with Crippen LogP contribution in [0.25, 0.3) is 0 Å². The summed E-state index contributed by atoms with van der Waals surface area (Å²) < 4.78 is 0. The molecule has 1 aromatic carbocycles. The fourth-order valence-corrected chi connectivity index (χ4v) is 1.89. The van der Waals surface area contributed by atoms with Crippen molar-refractivity contribution >= 4 is 5.91 Å². The lowest BCUT2D eigenvalue weighted by molar-refractivity contribution is 0.0768. The number of rotatable bonds is 7. The number of benzene rings is 1. The van der Waals surface area contributed by atoms with Gasteiger partial charge in [-0.3, -0.25) is 4.79 Å². The Balaban J connectivity index is 2.74. The minimum absolute atomic E-state index is 0.0207. The molecule has 0 aliphatic heterocycles. The van der Waals surface area contributed by atoms with E-state index in [-0.39, 0.29) is 12.0 Å². The summed E-state index contributed by atoms with van der Waals surface area (Å²) in [6.45, 7) is 3.15. The maximum absolute atomic E-state index is 12.4. The second-order valence-corrected chi connectivity index (χ2v) is 4.88. The number of amides is 1. The van der Waals surface area contributed by atoms with Crippen molar-refractivity contribution in [2.45, 2.75) is 25.9 Å². The molecule has 1 atom stereocenters. The van der Waals surface area contributed by atoms with Gasteiger partial charge < -0.3 is 15.3 Å². The van der Waals surface area contributed by atoms with Crippen LogP contribution in [0.1, 0.15) is 29.3 Å². The fraction of sp³-hybridized carbons (Fsp3) is 0.533. The first-order valence-corrected chi connectivity index (χ1v) is 6.72. The van der Waals surface area contributed by atoms with E-state index < -0.39 is 0 Å². The quantitative estimate of drug-likeness (QED) is 0.780. The number of likely N-dealkylation sites (N-methyl/N-ethyl adjacent to an activating group) is 1. The fourth-order valence-electron chi connectivity index (χ4n) is 1.89. The number of carbonyl (C=O) groups excluding carboxylic acids is 1. The molecule has 0 saturated carbocycles. The molecule has 1 unspecified atom stereocenters. The predicted molar refractivity (Wildman–Crippen MR) is 77.3 cm³/mol. The Labute approximate surface area is 115 Å². The topological polar surface area (TPSA) is 52.6 Å². The van der Waals surface area contributed by atoms with Crippen molar-refractivity contribution in [1.82, 2.24) is 10.2 Å². The van der Waals surface area contributed by atoms with Gasteiger partial charge in [-0.2, -0.15) is 0 Å². The monoisotopic (exact) mass is 264 g/mol. The van der Waals surface area contributed by atoms with E-state index in [1.165, 1.54) is 0 Å². The Bertz CT molecular complexity index is 405. The van der Waals surface area contributed by atoms with Crippen molar-refractivity contribution < 1.29 is 9.90 Å². The summed E-state index contributed by atoms with van der Waals surface area (Å²) in [4.78, 5) is 14.0. The smallest absolute Gasteiger partial charge is 0.253 e. The van der Waals surface area contributed by atoms with E-state index in [0.29, 0.717) is 13.0 Å². The van der Waals surface area contributed by atoms with Gasteiger partial charge in [0.15, 0.2) is 0 Å². The lowest BCUT2D eigenvalue weighted by Crippen LogP contribution is -2.30. The van der Waals surface area contributed by atoms with Crippen LogP contribution >= 0.6 is 0 Å². The third-order valence-electron chi connectivity index (χ3n) is 3.12. The maximum atomic E-state index is 12.4. The lowest BCUT2D eigenvalue weighted by atomic mass is 10.0. The highest BCUT2D eigenvalue weighted by Gasteiger charge is 2.15. The van der Waals surface area contributed by atoms with Crippen LogP contribution in [0.15, 0.2) is 24.3 Å². The molecule has 0 bridgehead atoms. The number of nitrogens with one attached hydrogen (secondary N) is 1. The van der Waals surface area contributed by atoms with Crippen molar-refractivity contribution in [2.24, 2.45) is 0 Å². The van der Waals surface area contributed by atoms with E-state index in [4.69, 9.17) is 0 Å². The molecule has 0 aliphatic carbocycles. The van der Waals surface area contributed by atoms with Gasteiger partial charge in [0.2, 0.25) is 0 Å². The Hall–Kier alpha value is -1.39. The zero-order valence-corrected chi connectivity index (χ0v) is 12.0. The molecule has 0 heterocycles. The van der Waals surface area contributed by atoms with E-state index >= 15 is 0 Å². The number of aliphatic hydroxyl groups is 1. The molecule has 0 aliphatic rings. The molecular weight excluding hydrogens is 240 g/mol. The summed E-state index contributed by atoms with van der Waals surface area (Å²) >= 11 is 0. The van der Waals surface area contributed by atoms with Crippen molar-refractivity contribution in [3.63, 3.8) is 0 Å². The van der Waals surface area contributed by atoms with Crippen molar-refractivity contribution in [3.8, 4) is 0 Å². The molecule has 2 N–H and O–H groups in total. The first-order chi connectivity index (χ1) is 9.06. The summed E-state index contributed by atoms with van der Waals surface area (Å²) in [7, 11) is 3.68. The van der Waals surface area contributed by atoms with Gasteiger partial charge in [0.25, 0.3) is 5.91 Å². The van der Waals surface area contributed by atoms with Crippen molar-refractivity contribution in [3.05, 3.63) is 35.4 Å². The van der Waals surface area contributed by atoms with E-state index in [2.05, 4.69) is 5.32 Å². The Morgan fingerprint density at radius 1 is 1.42 bits per heavy atom. The molecular formula is C15H24N2O2. The van der Waals surface area contributed by atoms with E-state index in [1.807, 2.05) is 31.3 Å². The predicted octanol–water partition coefficient (Wildman–Crippen LogP) is 1.29. The third kappa shape index (κ3) is 5.01. The van der Waals surface area contributed by atoms with Gasteiger partial charge in [0.1, 0.15) is 0 Å². The Morgan fingerprint density at radius 3 is 2.74 bits per heavy atom. The van der Waals surface area contributed by atoms with Gasteiger partial charge in [-0.15, -0.1) is 0 Å². The van der Waals surface area contributed by atoms with Crippen LogP contribution in [0.4, 0.5) is 0 Å². The molecule has 0 fully saturated rings. The van der Waals surface area contributed by atoms with Crippen LogP contribution in [-0.4, -0.2) is 49.2 Å². The van der Waals surface area contributed by atoms with Gasteiger partial charge in [-0.05, 0) is 45.0 Å². The molecule has 4 nitrogen and oxygen atoms in total. The summed E-state index contributed by atoms with van der Waals surface area (Å²) in [5, 5.41) is 12.4. The molecule has 1 aromatic rings. The standard InChI is InChI=1S/C15H24N2O2/c1-12(18)9-11-17(3)15(19)14-7-5-4-6-13(14)8-10-16-2/h4-7,12,16,18H,8-11H2,1-3H3. The molecule has 0 saturated heterocycles. The molecule has 19 heavy (non-hydrogen) atoms. The van der Waals surface area contributed by atoms with E-state index in [1.54, 1.807) is 18.9 Å². The SMILES string of the molecule is CNCCc1ccccc1C(=O)N(C)CCC(C)O. The highest BCUT2D eigenvalue weighted by Crippen LogP contribution is 2.12. The van der Waals surface area contributed by atoms with Crippen LogP contribution in [0.2, 0.25) is 0 Å². The maximum Gasteiger partial charge on any atom is 0.253 e. The molecule has 0 spiro atoms. The summed E-state index contributed by atoms with van der Waals surface area (Å²) in [5.74, 6) is 0.0207. The summed E-state index contributed by atoms with van der Waals surface area (Å²) in [5.41, 5.74) is 1.82. The second-order valence-electron chi connectivity index (χ2n) is 4.88. The normalized spacial score (nSPS) is 12.2. The van der Waals surface area contributed by atoms with Crippen LogP contribution in [-0.2, 0) is 6.42 Å². The zero-order chi connectivity index (χ0) is 14.3. The van der Waals surface area contributed by atoms with Crippen molar-refractivity contribution in [1.29, 1.82) is 0 Å². The van der Waals surface area contributed by atoms with Gasteiger partial charge in [-0.1, -0.05) is 18.2 Å². The summed E-state index contributed by atoms with van der Waals surface area (Å²) in [6.07, 6.45) is 1.05. The van der Waals surface area contributed by atoms with Gasteiger partial charge in [0.05, 0.1) is 6.10 Å². The summed E-state index contributed by atoms with van der Waals surface area (Å²) in [6, 6.07) is 7.70. The minimum Gasteiger partial charge on any atom is -0.393 e. The first-order valence-electron chi connectivity index (χ1n) is 6.72. The number of hydrogen-bond donors (Lipinski definition) is 2. The third-order valence-corrected chi connectivity index (χ3v) is 3.12. The van der Waals surface area contributed by atoms with Gasteiger partial charge in [-0.25, -0.2) is 0 Å². The van der Waals surface area contributed by atoms with Crippen LogP contribution < -0.4 is 5.32 Å². The second kappa shape index (κ2) is 7.92. The highest BCUT2D eigenvalue weighted by atomic mass is 16.3. The molecule has 0 radical (unpaired) electrons. The van der Waals surface area contributed by atoms with Gasteiger partial charge >= 0.3 is 0 Å². The minimum atomic E-state index is -0.380. The van der Waals surface area contributed by atoms with Crippen molar-refractivity contribution in [2.75, 3.05) is 27.2 Å². The van der Waals surface area contributed by atoms with E-state index in [0.717, 1.165) is 24.1 Å². The average molecular weight is 264 g/mol. The first kappa shape index (κ1) is 15.7. The number of carbonyl (C=O) groups is 1. The lowest BCUT2D eigenvalue weighted by Gasteiger charge is -2.19. The molecule has 0 aromatic heterocycles. The number of nitrogens with zero attached hydrogens (tertiary/aromatic N) is 1. The zero-order valence-electron chi connectivity index (χ0n) is 12.0. The van der Waals surface area contributed by atoms with E-state index in [9.17, 15) is 9.90 Å². The van der Waals surface area contributed by atoms with Crippen LogP contribution in [0.5, 0.6) is 0 Å². The molecule has 1 amide bonds.